The number of hydrogen-bond acceptors (Lipinski definition) is 6. The van der Waals surface area contributed by atoms with E-state index >= 15 is 0 Å². The number of amides is 2. The summed E-state index contributed by atoms with van der Waals surface area (Å²) in [5, 5.41) is 1.05. The fourth-order valence-corrected chi connectivity index (χ4v) is 8.22. The molecule has 10 nitrogen and oxygen atoms in total. The number of methoxy groups -OCH3 is 1. The molecule has 2 amide bonds. The number of pyridine rings is 1. The van der Waals surface area contributed by atoms with Crippen LogP contribution in [0.5, 0.6) is 5.75 Å². The summed E-state index contributed by atoms with van der Waals surface area (Å²) in [6.45, 7) is 2.36. The van der Waals surface area contributed by atoms with Crippen molar-refractivity contribution in [3.8, 4) is 28.5 Å². The Morgan fingerprint density at radius 3 is 2.53 bits per heavy atom. The van der Waals surface area contributed by atoms with Crippen LogP contribution >= 0.6 is 0 Å². The molecule has 5 heterocycles. The molecule has 2 saturated carbocycles. The van der Waals surface area contributed by atoms with Crippen LogP contribution in [0.4, 0.5) is 5.69 Å². The van der Waals surface area contributed by atoms with E-state index in [4.69, 9.17) is 20.4 Å². The van der Waals surface area contributed by atoms with Crippen LogP contribution in [0.3, 0.4) is 0 Å². The molecule has 4 aliphatic rings. The second-order valence-corrected chi connectivity index (χ2v) is 13.9. The summed E-state index contributed by atoms with van der Waals surface area (Å²) in [4.78, 5) is 40.2. The molecule has 2 aliphatic carbocycles. The van der Waals surface area contributed by atoms with Crippen molar-refractivity contribution < 1.29 is 14.3 Å². The molecular formula is C37H39N7O3. The molecular weight excluding hydrogens is 590 g/mol. The number of fused-ring (bicyclic) bond motifs is 4. The average Bonchev–Trinajstić information content (AvgIpc) is 3.33. The summed E-state index contributed by atoms with van der Waals surface area (Å²) in [6.07, 6.45) is 6.01. The van der Waals surface area contributed by atoms with E-state index in [1.807, 2.05) is 41.1 Å². The number of aryl methyl sites for hydroxylation is 1. The van der Waals surface area contributed by atoms with Gasteiger partial charge in [0.15, 0.2) is 5.82 Å². The molecule has 2 bridgehead atoms. The minimum absolute atomic E-state index is 0.000286. The van der Waals surface area contributed by atoms with Crippen molar-refractivity contribution in [2.24, 2.45) is 24.6 Å². The van der Waals surface area contributed by atoms with Crippen LogP contribution in [0.1, 0.15) is 48.9 Å². The fraction of sp³-hybridized carbons (Fsp3) is 0.405. The standard InChI is InChI=1S/C37H39N7O3/c1-41-34-28(16-25(18-31(34)47-2)37(46)44-20-24-10-14-29(44)33(24)38)40-36(41)30-17-23-9-13-27(39-35(23)43(30)19-21-5-6-21)22-7-11-26(12-8-22)42-15-3-4-32(42)45/h7-9,11-13,16-18,21,24,29,33H,3-6,10,14-15,19-20,38H2,1-2H3. The van der Waals surface area contributed by atoms with Gasteiger partial charge < -0.3 is 29.4 Å². The topological polar surface area (TPSA) is 112 Å². The number of nitrogens with zero attached hydrogens (tertiary/aromatic N) is 6. The van der Waals surface area contributed by atoms with Crippen LogP contribution in [0.2, 0.25) is 0 Å². The van der Waals surface area contributed by atoms with E-state index in [2.05, 4.69) is 39.5 Å². The molecule has 4 fully saturated rings. The van der Waals surface area contributed by atoms with Crippen molar-refractivity contribution in [2.75, 3.05) is 25.1 Å². The maximum Gasteiger partial charge on any atom is 0.254 e. The lowest BCUT2D eigenvalue weighted by Crippen LogP contribution is -2.41. The second kappa shape index (κ2) is 10.7. The Hall–Kier alpha value is -4.70. The number of carbonyl (C=O) groups excluding carboxylic acids is 2. The van der Waals surface area contributed by atoms with Gasteiger partial charge in [-0.25, -0.2) is 9.97 Å². The Morgan fingerprint density at radius 2 is 1.85 bits per heavy atom. The van der Waals surface area contributed by atoms with Gasteiger partial charge in [0, 0.05) is 67.4 Å². The zero-order chi connectivity index (χ0) is 32.0. The van der Waals surface area contributed by atoms with E-state index in [1.165, 1.54) is 12.8 Å². The first-order valence-corrected chi connectivity index (χ1v) is 16.9. The lowest BCUT2D eigenvalue weighted by Gasteiger charge is -2.27. The molecule has 3 aromatic heterocycles. The molecule has 9 rings (SSSR count). The molecule has 5 aromatic rings. The zero-order valence-electron chi connectivity index (χ0n) is 26.9. The average molecular weight is 630 g/mol. The first-order chi connectivity index (χ1) is 22.9. The van der Waals surface area contributed by atoms with Gasteiger partial charge in [-0.05, 0) is 86.4 Å². The highest BCUT2D eigenvalue weighted by Crippen LogP contribution is 2.40. The summed E-state index contributed by atoms with van der Waals surface area (Å²) in [5.41, 5.74) is 13.4. The Balaban J connectivity index is 1.11. The molecule has 240 valence electrons. The van der Waals surface area contributed by atoms with Crippen LogP contribution in [-0.2, 0) is 18.4 Å². The van der Waals surface area contributed by atoms with Crippen LogP contribution in [0, 0.1) is 11.8 Å². The lowest BCUT2D eigenvalue weighted by molar-refractivity contribution is -0.117. The summed E-state index contributed by atoms with van der Waals surface area (Å²) in [6, 6.07) is 18.5. The quantitative estimate of drug-likeness (QED) is 0.259. The number of benzene rings is 2. The molecule has 0 spiro atoms. The van der Waals surface area contributed by atoms with Gasteiger partial charge in [-0.1, -0.05) is 12.1 Å². The van der Waals surface area contributed by atoms with Gasteiger partial charge >= 0.3 is 0 Å². The van der Waals surface area contributed by atoms with Crippen molar-refractivity contribution in [3.63, 3.8) is 0 Å². The summed E-state index contributed by atoms with van der Waals surface area (Å²) in [5.74, 6) is 2.63. The molecule has 2 N–H and O–H groups in total. The summed E-state index contributed by atoms with van der Waals surface area (Å²) < 4.78 is 10.3. The number of imidazole rings is 1. The minimum Gasteiger partial charge on any atom is -0.494 e. The van der Waals surface area contributed by atoms with Gasteiger partial charge in [0.1, 0.15) is 16.9 Å². The van der Waals surface area contributed by atoms with Crippen molar-refractivity contribution in [1.29, 1.82) is 0 Å². The smallest absolute Gasteiger partial charge is 0.254 e. The molecule has 2 aromatic carbocycles. The predicted octanol–water partition coefficient (Wildman–Crippen LogP) is 5.36. The number of rotatable bonds is 7. The number of ether oxygens (including phenoxy) is 1. The third-order valence-corrected chi connectivity index (χ3v) is 11.0. The number of likely N-dealkylation sites (tertiary alicyclic amines) is 1. The number of hydrogen-bond donors (Lipinski definition) is 1. The Bertz CT molecular complexity index is 2080. The Labute approximate surface area is 273 Å². The largest absolute Gasteiger partial charge is 0.494 e. The fourth-order valence-electron chi connectivity index (χ4n) is 8.22. The van der Waals surface area contributed by atoms with E-state index in [0.717, 1.165) is 89.4 Å². The van der Waals surface area contributed by atoms with Crippen molar-refractivity contribution in [1.82, 2.24) is 24.0 Å². The normalized spacial score (nSPS) is 22.4. The highest BCUT2D eigenvalue weighted by molar-refractivity contribution is 6.00. The first kappa shape index (κ1) is 28.5. The number of nitrogens with two attached hydrogens (primary N) is 1. The Kier molecular flexibility index (Phi) is 6.47. The minimum atomic E-state index is -0.000286. The number of carbonyl (C=O) groups is 2. The molecule has 2 saturated heterocycles. The molecule has 3 unspecified atom stereocenters. The monoisotopic (exact) mass is 629 g/mol. The van der Waals surface area contributed by atoms with E-state index in [1.54, 1.807) is 7.11 Å². The lowest BCUT2D eigenvalue weighted by atomic mass is 10.1. The van der Waals surface area contributed by atoms with E-state index in [9.17, 15) is 9.59 Å². The van der Waals surface area contributed by atoms with E-state index < -0.39 is 0 Å². The second-order valence-electron chi connectivity index (χ2n) is 13.9. The van der Waals surface area contributed by atoms with Gasteiger partial charge in [-0.15, -0.1) is 0 Å². The third kappa shape index (κ3) is 4.56. The van der Waals surface area contributed by atoms with Crippen molar-refractivity contribution >= 4 is 39.6 Å². The van der Waals surface area contributed by atoms with Gasteiger partial charge in [0.25, 0.3) is 5.91 Å². The maximum absolute atomic E-state index is 13.8. The van der Waals surface area contributed by atoms with Gasteiger partial charge in [0.2, 0.25) is 5.91 Å². The highest BCUT2D eigenvalue weighted by Gasteiger charge is 2.47. The van der Waals surface area contributed by atoms with Gasteiger partial charge in [0.05, 0.1) is 24.0 Å². The van der Waals surface area contributed by atoms with Crippen LogP contribution in [-0.4, -0.2) is 68.1 Å². The molecule has 3 atom stereocenters. The molecule has 10 heteroatoms. The molecule has 0 radical (unpaired) electrons. The van der Waals surface area contributed by atoms with Crippen LogP contribution in [0.25, 0.3) is 44.8 Å². The van der Waals surface area contributed by atoms with E-state index in [-0.39, 0.29) is 23.9 Å². The van der Waals surface area contributed by atoms with Gasteiger partial charge in [-0.2, -0.15) is 0 Å². The highest BCUT2D eigenvalue weighted by atomic mass is 16.5. The van der Waals surface area contributed by atoms with Crippen molar-refractivity contribution in [3.05, 3.63) is 60.2 Å². The van der Waals surface area contributed by atoms with Gasteiger partial charge in [-0.3, -0.25) is 9.59 Å². The number of anilines is 1. The van der Waals surface area contributed by atoms with Crippen LogP contribution < -0.4 is 15.4 Å². The summed E-state index contributed by atoms with van der Waals surface area (Å²) in [7, 11) is 3.66. The summed E-state index contributed by atoms with van der Waals surface area (Å²) >= 11 is 0. The first-order valence-electron chi connectivity index (χ1n) is 16.9. The Morgan fingerprint density at radius 1 is 1.02 bits per heavy atom. The molecule has 2 aliphatic heterocycles. The number of piperidine rings is 1. The predicted molar refractivity (Wildman–Crippen MR) is 181 cm³/mol. The van der Waals surface area contributed by atoms with E-state index in [0.29, 0.717) is 29.6 Å². The number of aromatic nitrogens is 4. The zero-order valence-corrected chi connectivity index (χ0v) is 26.9. The maximum atomic E-state index is 13.8. The third-order valence-electron chi connectivity index (χ3n) is 11.0. The molecule has 47 heavy (non-hydrogen) atoms. The SMILES string of the molecule is COc1cc(C(=O)N2CC3CCC2C3N)cc2nc(-c3cc4ccc(-c5ccc(N6CCCC6=O)cc5)nc4n3CC3CC3)n(C)c12. The van der Waals surface area contributed by atoms with Crippen LogP contribution in [0.15, 0.2) is 54.6 Å². The van der Waals surface area contributed by atoms with Crippen molar-refractivity contribution in [2.45, 2.75) is 57.2 Å².